The van der Waals surface area contributed by atoms with Crippen LogP contribution in [0.5, 0.6) is 5.75 Å². The molecule has 2 aromatic carbocycles. The first-order valence-corrected chi connectivity index (χ1v) is 6.23. The summed E-state index contributed by atoms with van der Waals surface area (Å²) in [5, 5.41) is 0. The van der Waals surface area contributed by atoms with Crippen molar-refractivity contribution in [1.82, 2.24) is 0 Å². The number of hydrogen-bond donors (Lipinski definition) is 0. The van der Waals surface area contributed by atoms with Gasteiger partial charge in [0.2, 0.25) is 5.82 Å². The van der Waals surface area contributed by atoms with E-state index in [0.717, 1.165) is 10.5 Å². The quantitative estimate of drug-likeness (QED) is 0.794. The Morgan fingerprint density at radius 2 is 1.89 bits per heavy atom. The van der Waals surface area contributed by atoms with Crippen LogP contribution in [0.15, 0.2) is 46.9 Å². The Morgan fingerprint density at radius 3 is 2.63 bits per heavy atom. The molecule has 0 saturated heterocycles. The van der Waals surface area contributed by atoms with Crippen LogP contribution in [0.3, 0.4) is 0 Å². The van der Waals surface area contributed by atoms with Gasteiger partial charge in [-0.25, -0.2) is 4.39 Å². The Morgan fingerprint density at radius 1 is 1.16 bits per heavy atom. The first kappa shape index (κ1) is 13.7. The second-order valence-electron chi connectivity index (χ2n) is 3.77. The van der Waals surface area contributed by atoms with Gasteiger partial charge in [0.05, 0.1) is 0 Å². The Labute approximate surface area is 117 Å². The van der Waals surface area contributed by atoms with Crippen LogP contribution in [0.1, 0.15) is 10.4 Å². The van der Waals surface area contributed by atoms with Crippen LogP contribution >= 0.6 is 15.9 Å². The molecule has 0 aromatic heterocycles. The molecule has 0 aliphatic rings. The summed E-state index contributed by atoms with van der Waals surface area (Å²) in [5.41, 5.74) is 0.436. The van der Waals surface area contributed by atoms with Crippen LogP contribution in [0.4, 0.5) is 8.78 Å². The highest BCUT2D eigenvalue weighted by Crippen LogP contribution is 2.19. The molecule has 0 fully saturated rings. The maximum atomic E-state index is 13.3. The van der Waals surface area contributed by atoms with E-state index in [-0.39, 0.29) is 18.1 Å². The number of benzene rings is 2. The van der Waals surface area contributed by atoms with Crippen molar-refractivity contribution in [3.8, 4) is 5.75 Å². The standard InChI is InChI=1S/C14H9BrF2O2/c15-10-4-1-3-9(7-10)12(18)8-19-13-6-2-5-11(16)14(13)17/h1-7H,8H2. The highest BCUT2D eigenvalue weighted by atomic mass is 79.9. The van der Waals surface area contributed by atoms with Crippen molar-refractivity contribution in [3.05, 3.63) is 64.1 Å². The molecule has 0 bridgehead atoms. The fraction of sp³-hybridized carbons (Fsp3) is 0.0714. The molecule has 5 heteroatoms. The molecule has 0 aliphatic heterocycles. The summed E-state index contributed by atoms with van der Waals surface area (Å²) in [4.78, 5) is 11.8. The van der Waals surface area contributed by atoms with E-state index in [0.29, 0.717) is 5.56 Å². The minimum absolute atomic E-state index is 0.275. The van der Waals surface area contributed by atoms with Crippen LogP contribution in [0.2, 0.25) is 0 Å². The van der Waals surface area contributed by atoms with Crippen molar-refractivity contribution in [2.75, 3.05) is 6.61 Å². The minimum Gasteiger partial charge on any atom is -0.482 e. The lowest BCUT2D eigenvalue weighted by Gasteiger charge is -2.07. The van der Waals surface area contributed by atoms with Gasteiger partial charge in [0, 0.05) is 10.0 Å². The molecule has 0 heterocycles. The van der Waals surface area contributed by atoms with Crippen LogP contribution in [-0.4, -0.2) is 12.4 Å². The molecular formula is C14H9BrF2O2. The van der Waals surface area contributed by atoms with Crippen molar-refractivity contribution in [3.63, 3.8) is 0 Å². The van der Waals surface area contributed by atoms with Gasteiger partial charge in [-0.15, -0.1) is 0 Å². The summed E-state index contributed by atoms with van der Waals surface area (Å²) in [6.07, 6.45) is 0. The summed E-state index contributed by atoms with van der Waals surface area (Å²) in [6, 6.07) is 10.3. The zero-order valence-electron chi connectivity index (χ0n) is 9.70. The highest BCUT2D eigenvalue weighted by Gasteiger charge is 2.12. The molecule has 0 spiro atoms. The van der Waals surface area contributed by atoms with Gasteiger partial charge in [-0.2, -0.15) is 4.39 Å². The van der Waals surface area contributed by atoms with Crippen LogP contribution < -0.4 is 4.74 Å². The second kappa shape index (κ2) is 5.93. The minimum atomic E-state index is -1.09. The van der Waals surface area contributed by atoms with Crippen molar-refractivity contribution in [2.24, 2.45) is 0 Å². The van der Waals surface area contributed by atoms with Crippen molar-refractivity contribution in [1.29, 1.82) is 0 Å². The number of Topliss-reactive ketones (excluding diaryl/α,β-unsaturated/α-hetero) is 1. The Bertz CT molecular complexity index is 614. The average Bonchev–Trinajstić information content (AvgIpc) is 2.40. The van der Waals surface area contributed by atoms with E-state index >= 15 is 0 Å². The monoisotopic (exact) mass is 326 g/mol. The van der Waals surface area contributed by atoms with Crippen molar-refractivity contribution in [2.45, 2.75) is 0 Å². The van der Waals surface area contributed by atoms with Gasteiger partial charge in [0.15, 0.2) is 24.0 Å². The summed E-state index contributed by atoms with van der Waals surface area (Å²) in [7, 11) is 0. The maximum absolute atomic E-state index is 13.3. The number of ether oxygens (including phenoxy) is 1. The van der Waals surface area contributed by atoms with Gasteiger partial charge >= 0.3 is 0 Å². The molecule has 0 atom stereocenters. The van der Waals surface area contributed by atoms with Crippen LogP contribution in [0.25, 0.3) is 0 Å². The highest BCUT2D eigenvalue weighted by molar-refractivity contribution is 9.10. The first-order valence-electron chi connectivity index (χ1n) is 5.43. The third-order valence-corrected chi connectivity index (χ3v) is 2.91. The second-order valence-corrected chi connectivity index (χ2v) is 4.69. The third-order valence-electron chi connectivity index (χ3n) is 2.42. The molecule has 19 heavy (non-hydrogen) atoms. The molecule has 2 aromatic rings. The summed E-state index contributed by atoms with van der Waals surface area (Å²) >= 11 is 3.24. The van der Waals surface area contributed by atoms with Gasteiger partial charge < -0.3 is 4.74 Å². The largest absolute Gasteiger partial charge is 0.482 e. The number of carbonyl (C=O) groups excluding carboxylic acids is 1. The molecule has 0 radical (unpaired) electrons. The molecule has 0 N–H and O–H groups in total. The fourth-order valence-corrected chi connectivity index (χ4v) is 1.88. The number of rotatable bonds is 4. The SMILES string of the molecule is O=C(COc1cccc(F)c1F)c1cccc(Br)c1. The first-order chi connectivity index (χ1) is 9.08. The van der Waals surface area contributed by atoms with E-state index in [4.69, 9.17) is 4.74 Å². The molecular weight excluding hydrogens is 318 g/mol. The summed E-state index contributed by atoms with van der Waals surface area (Å²) in [5.74, 6) is -2.69. The van der Waals surface area contributed by atoms with Gasteiger partial charge in [0.1, 0.15) is 0 Å². The Balaban J connectivity index is 2.07. The number of ketones is 1. The number of hydrogen-bond acceptors (Lipinski definition) is 2. The molecule has 2 rings (SSSR count). The lowest BCUT2D eigenvalue weighted by Crippen LogP contribution is -2.12. The van der Waals surface area contributed by atoms with E-state index < -0.39 is 11.6 Å². The third kappa shape index (κ3) is 3.38. The smallest absolute Gasteiger partial charge is 0.200 e. The molecule has 0 amide bonds. The van der Waals surface area contributed by atoms with E-state index in [2.05, 4.69) is 15.9 Å². The normalized spacial score (nSPS) is 10.3. The lowest BCUT2D eigenvalue weighted by atomic mass is 10.1. The van der Waals surface area contributed by atoms with Crippen molar-refractivity contribution < 1.29 is 18.3 Å². The van der Waals surface area contributed by atoms with Gasteiger partial charge in [0.25, 0.3) is 0 Å². The molecule has 98 valence electrons. The summed E-state index contributed by atoms with van der Waals surface area (Å²) < 4.78 is 32.0. The molecule has 2 nitrogen and oxygen atoms in total. The zero-order valence-corrected chi connectivity index (χ0v) is 11.3. The van der Waals surface area contributed by atoms with Crippen molar-refractivity contribution >= 4 is 21.7 Å². The number of carbonyl (C=O) groups is 1. The van der Waals surface area contributed by atoms with Gasteiger partial charge in [-0.3, -0.25) is 4.79 Å². The predicted octanol–water partition coefficient (Wildman–Crippen LogP) is 3.99. The molecule has 0 aliphatic carbocycles. The van der Waals surface area contributed by atoms with E-state index in [1.807, 2.05) is 0 Å². The fourth-order valence-electron chi connectivity index (χ4n) is 1.48. The summed E-state index contributed by atoms with van der Waals surface area (Å²) in [6.45, 7) is -0.350. The average molecular weight is 327 g/mol. The van der Waals surface area contributed by atoms with E-state index in [1.54, 1.807) is 24.3 Å². The molecule has 0 unspecified atom stereocenters. The topological polar surface area (TPSA) is 26.3 Å². The Hall–Kier alpha value is -1.75. The molecule has 0 saturated carbocycles. The zero-order chi connectivity index (χ0) is 13.8. The van der Waals surface area contributed by atoms with Crippen LogP contribution in [-0.2, 0) is 0 Å². The predicted molar refractivity (Wildman–Crippen MR) is 70.3 cm³/mol. The van der Waals surface area contributed by atoms with E-state index in [1.165, 1.54) is 12.1 Å². The maximum Gasteiger partial charge on any atom is 0.200 e. The van der Waals surface area contributed by atoms with E-state index in [9.17, 15) is 13.6 Å². The lowest BCUT2D eigenvalue weighted by molar-refractivity contribution is 0.0918. The van der Waals surface area contributed by atoms with Gasteiger partial charge in [-0.05, 0) is 24.3 Å². The van der Waals surface area contributed by atoms with Crippen LogP contribution in [0, 0.1) is 11.6 Å². The number of halogens is 3. The van der Waals surface area contributed by atoms with Gasteiger partial charge in [-0.1, -0.05) is 34.1 Å². The Kier molecular flexibility index (Phi) is 4.27.